The number of carbonyl (C=O) groups is 2. The fourth-order valence-corrected chi connectivity index (χ4v) is 3.03. The lowest BCUT2D eigenvalue weighted by atomic mass is 10.1. The van der Waals surface area contributed by atoms with E-state index in [1.54, 1.807) is 31.2 Å². The van der Waals surface area contributed by atoms with Crippen molar-refractivity contribution in [3.05, 3.63) is 65.4 Å². The Morgan fingerprint density at radius 1 is 1.03 bits per heavy atom. The van der Waals surface area contributed by atoms with Crippen LogP contribution < -0.4 is 5.32 Å². The molecule has 3 rings (SSSR count). The second kappa shape index (κ2) is 9.89. The average Bonchev–Trinajstić information content (AvgIpc) is 2.77. The van der Waals surface area contributed by atoms with E-state index in [2.05, 4.69) is 10.3 Å². The van der Waals surface area contributed by atoms with E-state index >= 15 is 0 Å². The van der Waals surface area contributed by atoms with Gasteiger partial charge in [0.2, 0.25) is 0 Å². The number of alkyl halides is 3. The van der Waals surface area contributed by atoms with Crippen molar-refractivity contribution in [1.82, 2.24) is 4.98 Å². The minimum absolute atomic E-state index is 0.0641. The summed E-state index contributed by atoms with van der Waals surface area (Å²) in [5, 5.41) is 3.37. The fraction of sp³-hybridized carbons (Fsp3) is 0.292. The monoisotopic (exact) mass is 460 g/mol. The fourth-order valence-electron chi connectivity index (χ4n) is 3.03. The normalized spacial score (nSPS) is 11.5. The van der Waals surface area contributed by atoms with Crippen LogP contribution >= 0.6 is 0 Å². The minimum atomic E-state index is -4.52. The molecule has 6 nitrogen and oxygen atoms in total. The Balaban J connectivity index is 1.98. The van der Waals surface area contributed by atoms with E-state index in [4.69, 9.17) is 9.47 Å². The number of benzene rings is 2. The van der Waals surface area contributed by atoms with Gasteiger partial charge in [-0.25, -0.2) is 9.59 Å². The highest BCUT2D eigenvalue weighted by Gasteiger charge is 2.31. The number of nitrogens with one attached hydrogen (secondary N) is 1. The van der Waals surface area contributed by atoms with E-state index < -0.39 is 23.7 Å². The maximum atomic E-state index is 13.1. The van der Waals surface area contributed by atoms with Gasteiger partial charge in [-0.1, -0.05) is 19.9 Å². The molecule has 0 bridgehead atoms. The highest BCUT2D eigenvalue weighted by atomic mass is 19.4. The van der Waals surface area contributed by atoms with Gasteiger partial charge < -0.3 is 14.8 Å². The molecule has 0 fully saturated rings. The van der Waals surface area contributed by atoms with Gasteiger partial charge in [0.05, 0.1) is 35.5 Å². The van der Waals surface area contributed by atoms with Crippen molar-refractivity contribution in [2.24, 2.45) is 5.92 Å². The van der Waals surface area contributed by atoms with Crippen molar-refractivity contribution < 1.29 is 32.2 Å². The molecule has 0 spiro atoms. The van der Waals surface area contributed by atoms with Crippen LogP contribution in [0.2, 0.25) is 0 Å². The van der Waals surface area contributed by atoms with Gasteiger partial charge in [-0.2, -0.15) is 13.2 Å². The maximum absolute atomic E-state index is 13.1. The second-order valence-corrected chi connectivity index (χ2v) is 7.69. The highest BCUT2D eigenvalue weighted by Crippen LogP contribution is 2.35. The summed E-state index contributed by atoms with van der Waals surface area (Å²) in [6, 6.07) is 9.43. The van der Waals surface area contributed by atoms with Crippen molar-refractivity contribution in [2.75, 3.05) is 18.5 Å². The van der Waals surface area contributed by atoms with Gasteiger partial charge in [0.15, 0.2) is 0 Å². The second-order valence-electron chi connectivity index (χ2n) is 7.69. The summed E-state index contributed by atoms with van der Waals surface area (Å²) < 4.78 is 49.6. The Morgan fingerprint density at radius 3 is 2.33 bits per heavy atom. The van der Waals surface area contributed by atoms with E-state index in [0.717, 1.165) is 12.1 Å². The average molecular weight is 460 g/mol. The summed E-state index contributed by atoms with van der Waals surface area (Å²) >= 11 is 0. The maximum Gasteiger partial charge on any atom is 0.416 e. The summed E-state index contributed by atoms with van der Waals surface area (Å²) in [6.07, 6.45) is -3.34. The number of hydrogen-bond acceptors (Lipinski definition) is 6. The van der Waals surface area contributed by atoms with Crippen LogP contribution in [-0.4, -0.2) is 30.1 Å². The van der Waals surface area contributed by atoms with Crippen LogP contribution in [0.15, 0.2) is 48.7 Å². The van der Waals surface area contributed by atoms with Gasteiger partial charge in [-0.15, -0.1) is 0 Å². The molecule has 0 aliphatic heterocycles. The van der Waals surface area contributed by atoms with Crippen LogP contribution in [0.1, 0.15) is 47.1 Å². The summed E-state index contributed by atoms with van der Waals surface area (Å²) in [5.74, 6) is -0.922. The number of rotatable bonds is 7. The minimum Gasteiger partial charge on any atom is -0.462 e. The number of fused-ring (bicyclic) bond motifs is 1. The number of anilines is 2. The number of esters is 2. The predicted molar refractivity (Wildman–Crippen MR) is 118 cm³/mol. The third-order valence-corrected chi connectivity index (χ3v) is 4.63. The zero-order valence-corrected chi connectivity index (χ0v) is 18.3. The number of hydrogen-bond donors (Lipinski definition) is 1. The smallest absolute Gasteiger partial charge is 0.416 e. The molecule has 2 aromatic carbocycles. The molecule has 0 unspecified atom stereocenters. The molecule has 0 aliphatic carbocycles. The van der Waals surface area contributed by atoms with Crippen LogP contribution in [0.5, 0.6) is 0 Å². The van der Waals surface area contributed by atoms with E-state index in [0.29, 0.717) is 23.2 Å². The lowest BCUT2D eigenvalue weighted by Gasteiger charge is -2.15. The molecule has 33 heavy (non-hydrogen) atoms. The van der Waals surface area contributed by atoms with Crippen molar-refractivity contribution in [3.63, 3.8) is 0 Å². The number of nitrogens with zero attached hydrogens (tertiary/aromatic N) is 1. The topological polar surface area (TPSA) is 77.5 Å². The molecule has 0 radical (unpaired) electrons. The molecule has 0 saturated carbocycles. The molecule has 174 valence electrons. The van der Waals surface area contributed by atoms with E-state index in [1.165, 1.54) is 12.3 Å². The SMILES string of the molecule is CCOC(=O)c1cnc2cc(C(F)(F)F)ccc2c1Nc1ccc(C(=O)OCC(C)C)cc1. The summed E-state index contributed by atoms with van der Waals surface area (Å²) in [5.41, 5.74) is 0.400. The lowest BCUT2D eigenvalue weighted by Crippen LogP contribution is -2.11. The van der Waals surface area contributed by atoms with Gasteiger partial charge in [0.25, 0.3) is 0 Å². The van der Waals surface area contributed by atoms with Gasteiger partial charge in [0.1, 0.15) is 5.56 Å². The third kappa shape index (κ3) is 5.79. The quantitative estimate of drug-likeness (QED) is 0.437. The Kier molecular flexibility index (Phi) is 7.20. The third-order valence-electron chi connectivity index (χ3n) is 4.63. The Hall–Kier alpha value is -3.62. The first-order chi connectivity index (χ1) is 15.6. The van der Waals surface area contributed by atoms with Gasteiger partial charge >= 0.3 is 18.1 Å². The number of carbonyl (C=O) groups excluding carboxylic acids is 2. The first kappa shape index (κ1) is 24.0. The summed E-state index contributed by atoms with van der Waals surface area (Å²) in [6.45, 7) is 5.92. The molecule has 1 aromatic heterocycles. The van der Waals surface area contributed by atoms with E-state index in [-0.39, 0.29) is 29.3 Å². The van der Waals surface area contributed by atoms with Crippen LogP contribution in [0.25, 0.3) is 10.9 Å². The van der Waals surface area contributed by atoms with Crippen molar-refractivity contribution in [2.45, 2.75) is 26.9 Å². The van der Waals surface area contributed by atoms with Crippen molar-refractivity contribution in [3.8, 4) is 0 Å². The zero-order chi connectivity index (χ0) is 24.2. The van der Waals surface area contributed by atoms with Crippen molar-refractivity contribution >= 4 is 34.2 Å². The number of halogens is 3. The number of ether oxygens (including phenoxy) is 2. The molecule has 0 saturated heterocycles. The van der Waals surface area contributed by atoms with Crippen LogP contribution in [0.3, 0.4) is 0 Å². The largest absolute Gasteiger partial charge is 0.462 e. The molecule has 0 atom stereocenters. The standard InChI is InChI=1S/C24H23F3N2O4/c1-4-32-23(31)19-12-28-20-11-16(24(25,26)27)7-10-18(20)21(19)29-17-8-5-15(6-9-17)22(30)33-13-14(2)3/h5-12,14H,4,13H2,1-3H3,(H,28,29). The van der Waals surface area contributed by atoms with Crippen LogP contribution in [0, 0.1) is 5.92 Å². The molecular formula is C24H23F3N2O4. The number of pyridine rings is 1. The van der Waals surface area contributed by atoms with Crippen LogP contribution in [-0.2, 0) is 15.7 Å². The zero-order valence-electron chi connectivity index (χ0n) is 18.3. The molecule has 0 amide bonds. The Labute approximate surface area is 188 Å². The first-order valence-electron chi connectivity index (χ1n) is 10.3. The van der Waals surface area contributed by atoms with E-state index in [1.807, 2.05) is 13.8 Å². The molecule has 3 aromatic rings. The van der Waals surface area contributed by atoms with Crippen LogP contribution in [0.4, 0.5) is 24.5 Å². The highest BCUT2D eigenvalue weighted by molar-refractivity contribution is 6.06. The lowest BCUT2D eigenvalue weighted by molar-refractivity contribution is -0.137. The Morgan fingerprint density at radius 2 is 1.73 bits per heavy atom. The van der Waals surface area contributed by atoms with Crippen molar-refractivity contribution in [1.29, 1.82) is 0 Å². The molecule has 1 heterocycles. The van der Waals surface area contributed by atoms with Gasteiger partial charge in [-0.3, -0.25) is 4.98 Å². The van der Waals surface area contributed by atoms with E-state index in [9.17, 15) is 22.8 Å². The molecule has 1 N–H and O–H groups in total. The molecular weight excluding hydrogens is 437 g/mol. The summed E-state index contributed by atoms with van der Waals surface area (Å²) in [7, 11) is 0. The van der Waals surface area contributed by atoms with Gasteiger partial charge in [0, 0.05) is 17.3 Å². The molecule has 9 heteroatoms. The Bertz CT molecular complexity index is 1160. The molecule has 0 aliphatic rings. The summed E-state index contributed by atoms with van der Waals surface area (Å²) in [4.78, 5) is 28.6. The predicted octanol–water partition coefficient (Wildman–Crippen LogP) is 5.99. The number of aromatic nitrogens is 1. The van der Waals surface area contributed by atoms with Gasteiger partial charge in [-0.05, 0) is 49.2 Å². The first-order valence-corrected chi connectivity index (χ1v) is 10.3.